The molecule has 0 heteroatoms. The number of rotatable bonds is 2. The van der Waals surface area contributed by atoms with Gasteiger partial charge in [0.2, 0.25) is 0 Å². The molecule has 0 aromatic heterocycles. The first-order valence-electron chi connectivity index (χ1n) is 6.08. The van der Waals surface area contributed by atoms with Crippen LogP contribution in [0.1, 0.15) is 32.6 Å². The number of fused-ring (bicyclic) bond motifs is 4. The molecule has 0 aromatic carbocycles. The lowest BCUT2D eigenvalue weighted by molar-refractivity contribution is 0.128. The monoisotopic (exact) mass is 174 g/mol. The van der Waals surface area contributed by atoms with Crippen LogP contribution in [0.5, 0.6) is 0 Å². The summed E-state index contributed by atoms with van der Waals surface area (Å²) < 4.78 is 0. The van der Waals surface area contributed by atoms with Gasteiger partial charge in [0.05, 0.1) is 0 Å². The summed E-state index contributed by atoms with van der Waals surface area (Å²) in [6.45, 7) is 2.35. The molecular weight excluding hydrogens is 156 g/mol. The Hall–Kier alpha value is -0.260. The average Bonchev–Trinajstić information content (AvgIpc) is 2.44. The maximum absolute atomic E-state index is 2.62. The van der Waals surface area contributed by atoms with E-state index in [-0.39, 0.29) is 0 Å². The van der Waals surface area contributed by atoms with E-state index in [0.717, 1.165) is 35.0 Å². The molecule has 0 N–H and O–H groups in total. The van der Waals surface area contributed by atoms with Crippen molar-refractivity contribution in [2.45, 2.75) is 32.6 Å². The number of hydrogen-bond donors (Lipinski definition) is 0. The second kappa shape index (κ2) is 1.89. The maximum Gasteiger partial charge on any atom is -0.00471 e. The van der Waals surface area contributed by atoms with Crippen molar-refractivity contribution in [1.82, 2.24) is 0 Å². The Balaban J connectivity index is 1.71. The standard InChI is InChI=1S/C13H18/c1-2-6-13-7-5-10-8-3-4-9(8)11(13)12(10)13/h5,7-12H,2-4,6H2,1H3. The molecular formula is C13H18. The Morgan fingerprint density at radius 3 is 2.77 bits per heavy atom. The highest BCUT2D eigenvalue weighted by molar-refractivity contribution is 5.37. The highest BCUT2D eigenvalue weighted by Crippen LogP contribution is 2.82. The van der Waals surface area contributed by atoms with Gasteiger partial charge in [-0.15, -0.1) is 0 Å². The second-order valence-electron chi connectivity index (χ2n) is 5.76. The molecule has 13 heavy (non-hydrogen) atoms. The molecule has 3 fully saturated rings. The predicted molar refractivity (Wildman–Crippen MR) is 53.2 cm³/mol. The van der Waals surface area contributed by atoms with Crippen LogP contribution in [0, 0.1) is 35.0 Å². The highest BCUT2D eigenvalue weighted by Gasteiger charge is 2.77. The van der Waals surface area contributed by atoms with Crippen molar-refractivity contribution >= 4 is 0 Å². The van der Waals surface area contributed by atoms with Gasteiger partial charge in [-0.05, 0) is 54.3 Å². The van der Waals surface area contributed by atoms with E-state index in [1.165, 1.54) is 12.8 Å². The minimum atomic E-state index is 0.751. The Morgan fingerprint density at radius 2 is 2.08 bits per heavy atom. The molecule has 4 rings (SSSR count). The average molecular weight is 174 g/mol. The van der Waals surface area contributed by atoms with Crippen molar-refractivity contribution in [3.63, 3.8) is 0 Å². The van der Waals surface area contributed by atoms with E-state index in [2.05, 4.69) is 19.1 Å². The zero-order valence-corrected chi connectivity index (χ0v) is 8.37. The Bertz CT molecular complexity index is 290. The van der Waals surface area contributed by atoms with Crippen LogP contribution < -0.4 is 0 Å². The smallest absolute Gasteiger partial charge is 0.00471 e. The molecule has 0 spiro atoms. The van der Waals surface area contributed by atoms with E-state index in [1.807, 2.05) is 0 Å². The largest absolute Gasteiger partial charge is 0.0842 e. The Kier molecular flexibility index (Phi) is 1.03. The molecule has 4 aliphatic rings. The lowest BCUT2D eigenvalue weighted by Crippen LogP contribution is -2.30. The normalized spacial score (nSPS) is 64.5. The molecule has 3 saturated carbocycles. The van der Waals surface area contributed by atoms with Gasteiger partial charge in [0, 0.05) is 0 Å². The lowest BCUT2D eigenvalue weighted by Gasteiger charge is -2.37. The van der Waals surface area contributed by atoms with E-state index in [4.69, 9.17) is 0 Å². The molecule has 0 bridgehead atoms. The lowest BCUT2D eigenvalue weighted by atomic mass is 9.67. The molecule has 0 radical (unpaired) electrons. The van der Waals surface area contributed by atoms with Crippen molar-refractivity contribution in [2.75, 3.05) is 0 Å². The number of allylic oxidation sites excluding steroid dienone is 2. The van der Waals surface area contributed by atoms with Crippen molar-refractivity contribution in [3.8, 4) is 0 Å². The van der Waals surface area contributed by atoms with Gasteiger partial charge in [0.1, 0.15) is 0 Å². The molecule has 6 atom stereocenters. The van der Waals surface area contributed by atoms with Crippen LogP contribution in [0.25, 0.3) is 0 Å². The summed E-state index contributed by atoms with van der Waals surface area (Å²) >= 11 is 0. The predicted octanol–water partition coefficient (Wildman–Crippen LogP) is 3.24. The van der Waals surface area contributed by atoms with Crippen molar-refractivity contribution in [2.24, 2.45) is 35.0 Å². The summed E-state index contributed by atoms with van der Waals surface area (Å²) in [6, 6.07) is 0. The van der Waals surface area contributed by atoms with E-state index in [9.17, 15) is 0 Å². The molecule has 70 valence electrons. The van der Waals surface area contributed by atoms with E-state index >= 15 is 0 Å². The van der Waals surface area contributed by atoms with Gasteiger partial charge < -0.3 is 0 Å². The van der Waals surface area contributed by atoms with Crippen LogP contribution >= 0.6 is 0 Å². The van der Waals surface area contributed by atoms with Gasteiger partial charge in [0.15, 0.2) is 0 Å². The molecule has 4 aliphatic carbocycles. The molecule has 0 heterocycles. The van der Waals surface area contributed by atoms with Crippen molar-refractivity contribution < 1.29 is 0 Å². The van der Waals surface area contributed by atoms with Crippen LogP contribution in [-0.4, -0.2) is 0 Å². The topological polar surface area (TPSA) is 0 Å². The van der Waals surface area contributed by atoms with E-state index in [0.29, 0.717) is 0 Å². The molecule has 6 unspecified atom stereocenters. The fourth-order valence-electron chi connectivity index (χ4n) is 5.15. The highest BCUT2D eigenvalue weighted by atomic mass is 14.8. The summed E-state index contributed by atoms with van der Waals surface area (Å²) in [5.41, 5.74) is 0.751. The van der Waals surface area contributed by atoms with Gasteiger partial charge in [-0.3, -0.25) is 0 Å². The van der Waals surface area contributed by atoms with Gasteiger partial charge in [0.25, 0.3) is 0 Å². The van der Waals surface area contributed by atoms with Crippen molar-refractivity contribution in [1.29, 1.82) is 0 Å². The van der Waals surface area contributed by atoms with Gasteiger partial charge >= 0.3 is 0 Å². The quantitative estimate of drug-likeness (QED) is 0.564. The SMILES string of the molecule is CCCC12C=CC3C4CCC4C1C32. The summed E-state index contributed by atoms with van der Waals surface area (Å²) in [4.78, 5) is 0. The Labute approximate surface area is 80.4 Å². The van der Waals surface area contributed by atoms with Gasteiger partial charge in [-0.2, -0.15) is 0 Å². The number of hydrogen-bond acceptors (Lipinski definition) is 0. The van der Waals surface area contributed by atoms with Gasteiger partial charge in [-0.1, -0.05) is 25.5 Å². The summed E-state index contributed by atoms with van der Waals surface area (Å²) in [5, 5.41) is 0. The first-order chi connectivity index (χ1) is 6.38. The van der Waals surface area contributed by atoms with Crippen LogP contribution in [0.15, 0.2) is 12.2 Å². The zero-order chi connectivity index (χ0) is 8.63. The molecule has 0 nitrogen and oxygen atoms in total. The first kappa shape index (κ1) is 7.09. The first-order valence-corrected chi connectivity index (χ1v) is 6.08. The van der Waals surface area contributed by atoms with Crippen LogP contribution in [0.4, 0.5) is 0 Å². The third-order valence-electron chi connectivity index (χ3n) is 5.58. The molecule has 0 saturated heterocycles. The minimum absolute atomic E-state index is 0.751. The summed E-state index contributed by atoms with van der Waals surface area (Å²) in [7, 11) is 0. The Morgan fingerprint density at radius 1 is 1.23 bits per heavy atom. The molecule has 0 amide bonds. The minimum Gasteiger partial charge on any atom is -0.0842 e. The van der Waals surface area contributed by atoms with Crippen molar-refractivity contribution in [3.05, 3.63) is 12.2 Å². The second-order valence-corrected chi connectivity index (χ2v) is 5.76. The third kappa shape index (κ3) is 0.556. The zero-order valence-electron chi connectivity index (χ0n) is 8.37. The molecule has 0 aliphatic heterocycles. The maximum atomic E-state index is 2.62. The van der Waals surface area contributed by atoms with Gasteiger partial charge in [-0.25, -0.2) is 0 Å². The van der Waals surface area contributed by atoms with E-state index in [1.54, 1.807) is 12.8 Å². The van der Waals surface area contributed by atoms with Crippen LogP contribution in [-0.2, 0) is 0 Å². The third-order valence-corrected chi connectivity index (χ3v) is 5.58. The molecule has 0 aromatic rings. The summed E-state index contributed by atoms with van der Waals surface area (Å²) in [5.74, 6) is 5.62. The van der Waals surface area contributed by atoms with Crippen LogP contribution in [0.2, 0.25) is 0 Å². The fraction of sp³-hybridized carbons (Fsp3) is 0.846. The van der Waals surface area contributed by atoms with Crippen LogP contribution in [0.3, 0.4) is 0 Å². The fourth-order valence-corrected chi connectivity index (χ4v) is 5.15. The summed E-state index contributed by atoms with van der Waals surface area (Å²) in [6.07, 6.45) is 11.2. The van der Waals surface area contributed by atoms with E-state index < -0.39 is 0 Å².